The first-order chi connectivity index (χ1) is 7.71. The Kier molecular flexibility index (Phi) is 5.51. The fraction of sp³-hybridized carbons (Fsp3) is 0.900. The molecule has 3 N–H and O–H groups in total. The fourth-order valence-corrected chi connectivity index (χ4v) is 1.81. The first-order valence-electron chi connectivity index (χ1n) is 5.52. The molecule has 1 heterocycles. The van der Waals surface area contributed by atoms with E-state index >= 15 is 0 Å². The monoisotopic (exact) mass is 230 g/mol. The molecule has 6 heteroatoms. The third kappa shape index (κ3) is 3.62. The Morgan fingerprint density at radius 3 is 2.88 bits per heavy atom. The summed E-state index contributed by atoms with van der Waals surface area (Å²) in [6.45, 7) is 4.33. The Labute approximate surface area is 96.8 Å². The highest BCUT2D eigenvalue weighted by molar-refractivity contribution is 5.79. The normalized spacial score (nSPS) is 23.6. The van der Waals surface area contributed by atoms with Crippen LogP contribution in [0.15, 0.2) is 4.99 Å². The van der Waals surface area contributed by atoms with Crippen molar-refractivity contribution in [3.8, 4) is 0 Å². The second-order valence-electron chi connectivity index (χ2n) is 3.99. The van der Waals surface area contributed by atoms with Gasteiger partial charge >= 0.3 is 0 Å². The van der Waals surface area contributed by atoms with Crippen molar-refractivity contribution in [1.29, 1.82) is 0 Å². The number of hydrogen-bond donors (Lipinski definition) is 2. The van der Waals surface area contributed by atoms with Gasteiger partial charge in [-0.15, -0.1) is 0 Å². The van der Waals surface area contributed by atoms with E-state index in [1.165, 1.54) is 0 Å². The van der Waals surface area contributed by atoms with Gasteiger partial charge in [0.15, 0.2) is 0 Å². The van der Waals surface area contributed by atoms with Crippen molar-refractivity contribution in [3.05, 3.63) is 0 Å². The van der Waals surface area contributed by atoms with E-state index in [0.717, 1.165) is 19.5 Å². The van der Waals surface area contributed by atoms with Crippen LogP contribution in [-0.4, -0.2) is 56.9 Å². The van der Waals surface area contributed by atoms with Gasteiger partial charge in [0, 0.05) is 27.3 Å². The second kappa shape index (κ2) is 6.67. The van der Waals surface area contributed by atoms with Crippen LogP contribution in [0.2, 0.25) is 0 Å². The van der Waals surface area contributed by atoms with E-state index in [1.54, 1.807) is 14.2 Å². The number of nitrogens with two attached hydrogens (primary N) is 1. The molecule has 94 valence electrons. The van der Waals surface area contributed by atoms with Crippen molar-refractivity contribution < 1.29 is 9.47 Å². The van der Waals surface area contributed by atoms with Crippen molar-refractivity contribution in [2.24, 2.45) is 10.8 Å². The summed E-state index contributed by atoms with van der Waals surface area (Å²) in [7, 11) is 3.40. The molecule has 2 unspecified atom stereocenters. The van der Waals surface area contributed by atoms with Crippen LogP contribution in [0, 0.1) is 0 Å². The van der Waals surface area contributed by atoms with E-state index in [-0.39, 0.29) is 12.1 Å². The maximum Gasteiger partial charge on any atom is 0.208 e. The lowest BCUT2D eigenvalue weighted by atomic mass is 10.3. The predicted molar refractivity (Wildman–Crippen MR) is 63.1 cm³/mol. The number of guanidine groups is 1. The highest BCUT2D eigenvalue weighted by Gasteiger charge is 2.24. The predicted octanol–water partition coefficient (Wildman–Crippen LogP) is -0.439. The molecule has 6 nitrogen and oxygen atoms in total. The van der Waals surface area contributed by atoms with Gasteiger partial charge < -0.3 is 14.4 Å². The van der Waals surface area contributed by atoms with Gasteiger partial charge in [-0.2, -0.15) is 0 Å². The molecule has 16 heavy (non-hydrogen) atoms. The molecule has 0 saturated carbocycles. The number of nitrogens with one attached hydrogen (secondary N) is 1. The zero-order valence-corrected chi connectivity index (χ0v) is 10.3. The van der Waals surface area contributed by atoms with Crippen LogP contribution in [0.1, 0.15) is 13.3 Å². The van der Waals surface area contributed by atoms with Crippen molar-refractivity contribution in [3.63, 3.8) is 0 Å². The smallest absolute Gasteiger partial charge is 0.208 e. The minimum atomic E-state index is 0.0950. The molecule has 1 saturated heterocycles. The largest absolute Gasteiger partial charge is 0.382 e. The summed E-state index contributed by atoms with van der Waals surface area (Å²) in [6.07, 6.45) is 1.28. The Morgan fingerprint density at radius 1 is 1.62 bits per heavy atom. The number of likely N-dealkylation sites (tertiary alicyclic amines) is 1. The van der Waals surface area contributed by atoms with Gasteiger partial charge in [-0.3, -0.25) is 5.43 Å². The Balaban J connectivity index is 2.53. The summed E-state index contributed by atoms with van der Waals surface area (Å²) in [4.78, 5) is 6.56. The molecular weight excluding hydrogens is 208 g/mol. The summed E-state index contributed by atoms with van der Waals surface area (Å²) < 4.78 is 10.3. The summed E-state index contributed by atoms with van der Waals surface area (Å²) in [5.41, 5.74) is 2.64. The Bertz CT molecular complexity index is 235. The minimum Gasteiger partial charge on any atom is -0.382 e. The lowest BCUT2D eigenvalue weighted by molar-refractivity contribution is 0.114. The molecule has 0 spiro atoms. The van der Waals surface area contributed by atoms with Gasteiger partial charge in [-0.25, -0.2) is 10.8 Å². The molecule has 2 atom stereocenters. The number of ether oxygens (including phenoxy) is 2. The highest BCUT2D eigenvalue weighted by atomic mass is 16.5. The zero-order valence-electron chi connectivity index (χ0n) is 10.3. The standard InChI is InChI=1S/C10H22N4O2/c1-8(7-15-2)12-10(13-11)14-5-4-9(6-14)16-3/h8-9H,4-7,11H2,1-3H3,(H,12,13). The average molecular weight is 230 g/mol. The van der Waals surface area contributed by atoms with Gasteiger partial charge in [0.25, 0.3) is 0 Å². The first kappa shape index (κ1) is 13.2. The quantitative estimate of drug-likeness (QED) is 0.296. The Hall–Kier alpha value is -0.850. The molecule has 0 aromatic carbocycles. The summed E-state index contributed by atoms with van der Waals surface area (Å²) in [5.74, 6) is 6.19. The lowest BCUT2D eigenvalue weighted by Crippen LogP contribution is -2.45. The molecule has 0 aliphatic carbocycles. The zero-order chi connectivity index (χ0) is 12.0. The SMILES string of the molecule is COCC(C)N=C(NN)N1CCC(OC)C1. The molecule has 1 aliphatic heterocycles. The maximum absolute atomic E-state index is 5.48. The van der Waals surface area contributed by atoms with Gasteiger partial charge in [-0.05, 0) is 13.3 Å². The molecular formula is C10H22N4O2. The number of rotatable bonds is 4. The summed E-state index contributed by atoms with van der Waals surface area (Å²) in [5, 5.41) is 0. The molecule has 0 aromatic heterocycles. The lowest BCUT2D eigenvalue weighted by Gasteiger charge is -2.21. The van der Waals surface area contributed by atoms with Crippen LogP contribution < -0.4 is 11.3 Å². The van der Waals surface area contributed by atoms with E-state index in [4.69, 9.17) is 15.3 Å². The molecule has 1 rings (SSSR count). The molecule has 0 aromatic rings. The third-order valence-electron chi connectivity index (χ3n) is 2.66. The van der Waals surface area contributed by atoms with Crippen molar-refractivity contribution in [2.75, 3.05) is 33.9 Å². The van der Waals surface area contributed by atoms with E-state index in [9.17, 15) is 0 Å². The number of hydrogen-bond acceptors (Lipinski definition) is 4. The van der Waals surface area contributed by atoms with Crippen LogP contribution in [-0.2, 0) is 9.47 Å². The van der Waals surface area contributed by atoms with Crippen LogP contribution in [0.25, 0.3) is 0 Å². The van der Waals surface area contributed by atoms with E-state index in [2.05, 4.69) is 15.3 Å². The summed E-state index contributed by atoms with van der Waals surface area (Å²) in [6, 6.07) is 0.0950. The van der Waals surface area contributed by atoms with Gasteiger partial charge in [0.1, 0.15) is 0 Å². The Morgan fingerprint density at radius 2 is 2.38 bits per heavy atom. The number of nitrogens with zero attached hydrogens (tertiary/aromatic N) is 2. The van der Waals surface area contributed by atoms with Crippen LogP contribution in [0.5, 0.6) is 0 Å². The van der Waals surface area contributed by atoms with Crippen LogP contribution in [0.4, 0.5) is 0 Å². The van der Waals surface area contributed by atoms with Crippen molar-refractivity contribution in [1.82, 2.24) is 10.3 Å². The highest BCUT2D eigenvalue weighted by Crippen LogP contribution is 2.11. The molecule has 1 aliphatic rings. The number of hydrazine groups is 1. The van der Waals surface area contributed by atoms with E-state index in [1.807, 2.05) is 6.92 Å². The van der Waals surface area contributed by atoms with Gasteiger partial charge in [0.2, 0.25) is 5.96 Å². The molecule has 0 radical (unpaired) electrons. The fourth-order valence-electron chi connectivity index (χ4n) is 1.81. The first-order valence-corrected chi connectivity index (χ1v) is 5.52. The number of aliphatic imine (C=N–C) groups is 1. The van der Waals surface area contributed by atoms with Crippen molar-refractivity contribution >= 4 is 5.96 Å². The number of methoxy groups -OCH3 is 2. The molecule has 0 amide bonds. The van der Waals surface area contributed by atoms with E-state index < -0.39 is 0 Å². The maximum atomic E-state index is 5.48. The minimum absolute atomic E-state index is 0.0950. The summed E-state index contributed by atoms with van der Waals surface area (Å²) >= 11 is 0. The topological polar surface area (TPSA) is 72.1 Å². The third-order valence-corrected chi connectivity index (χ3v) is 2.66. The molecule has 0 bridgehead atoms. The van der Waals surface area contributed by atoms with Gasteiger partial charge in [-0.1, -0.05) is 0 Å². The average Bonchev–Trinajstić information content (AvgIpc) is 2.74. The van der Waals surface area contributed by atoms with Crippen LogP contribution >= 0.6 is 0 Å². The van der Waals surface area contributed by atoms with E-state index in [0.29, 0.717) is 12.6 Å². The molecule has 1 fully saturated rings. The van der Waals surface area contributed by atoms with Crippen molar-refractivity contribution in [2.45, 2.75) is 25.5 Å². The van der Waals surface area contributed by atoms with Crippen LogP contribution in [0.3, 0.4) is 0 Å². The second-order valence-corrected chi connectivity index (χ2v) is 3.99. The van der Waals surface area contributed by atoms with Gasteiger partial charge in [0.05, 0.1) is 18.8 Å².